The Labute approximate surface area is 132 Å². The van der Waals surface area contributed by atoms with Gasteiger partial charge < -0.3 is 20.0 Å². The van der Waals surface area contributed by atoms with E-state index >= 15 is 0 Å². The highest BCUT2D eigenvalue weighted by atomic mass is 16.2. The molecule has 3 aliphatic rings. The van der Waals surface area contributed by atoms with E-state index in [1.807, 2.05) is 9.80 Å². The van der Waals surface area contributed by atoms with E-state index in [1.165, 1.54) is 0 Å². The lowest BCUT2D eigenvalue weighted by molar-refractivity contribution is -0.138. The van der Waals surface area contributed by atoms with Crippen LogP contribution in [0.1, 0.15) is 32.6 Å². The van der Waals surface area contributed by atoms with Crippen LogP contribution in [-0.2, 0) is 4.79 Å². The number of amides is 3. The van der Waals surface area contributed by atoms with Gasteiger partial charge in [0.2, 0.25) is 5.91 Å². The van der Waals surface area contributed by atoms with Crippen LogP contribution >= 0.6 is 0 Å². The van der Waals surface area contributed by atoms with Gasteiger partial charge in [-0.15, -0.1) is 0 Å². The van der Waals surface area contributed by atoms with Gasteiger partial charge in [0.25, 0.3) is 0 Å². The molecule has 0 bridgehead atoms. The number of nitrogens with zero attached hydrogens (tertiary/aromatic N) is 3. The van der Waals surface area contributed by atoms with Crippen LogP contribution in [0.3, 0.4) is 0 Å². The average molecular weight is 308 g/mol. The van der Waals surface area contributed by atoms with E-state index in [9.17, 15) is 9.59 Å². The molecule has 3 amide bonds. The van der Waals surface area contributed by atoms with Crippen LogP contribution in [0.2, 0.25) is 0 Å². The molecule has 6 heteroatoms. The summed E-state index contributed by atoms with van der Waals surface area (Å²) < 4.78 is 0. The molecule has 0 aromatic heterocycles. The van der Waals surface area contributed by atoms with Crippen molar-refractivity contribution < 1.29 is 9.59 Å². The average Bonchev–Trinajstić information content (AvgIpc) is 3.38. The number of nitrogens with one attached hydrogen (secondary N) is 1. The van der Waals surface area contributed by atoms with Crippen LogP contribution in [0.15, 0.2) is 0 Å². The molecule has 0 aromatic carbocycles. The van der Waals surface area contributed by atoms with Crippen LogP contribution in [-0.4, -0.2) is 78.5 Å². The fraction of sp³-hybridized carbons (Fsp3) is 0.875. The van der Waals surface area contributed by atoms with Crippen molar-refractivity contribution in [2.24, 2.45) is 5.92 Å². The van der Waals surface area contributed by atoms with Gasteiger partial charge in [-0.3, -0.25) is 4.79 Å². The van der Waals surface area contributed by atoms with E-state index in [0.29, 0.717) is 12.6 Å². The number of carbonyl (C=O) groups is 2. The Balaban J connectivity index is 1.50. The number of carbonyl (C=O) groups excluding carboxylic acids is 2. The molecular formula is C16H28N4O2. The molecule has 1 N–H and O–H groups in total. The summed E-state index contributed by atoms with van der Waals surface area (Å²) in [6.45, 7) is 8.20. The van der Waals surface area contributed by atoms with Gasteiger partial charge in [0.05, 0.1) is 5.92 Å². The van der Waals surface area contributed by atoms with Crippen LogP contribution in [0.4, 0.5) is 4.79 Å². The third-order valence-corrected chi connectivity index (χ3v) is 5.09. The van der Waals surface area contributed by atoms with Crippen LogP contribution in [0.5, 0.6) is 0 Å². The maximum Gasteiger partial charge on any atom is 0.317 e. The highest BCUT2D eigenvalue weighted by molar-refractivity contribution is 5.81. The second-order valence-corrected chi connectivity index (χ2v) is 6.77. The minimum atomic E-state index is -0.00752. The number of likely N-dealkylation sites (N-methyl/N-ethyl adjacent to an activating group) is 1. The van der Waals surface area contributed by atoms with Crippen molar-refractivity contribution in [1.82, 2.24) is 20.0 Å². The molecule has 1 aliphatic carbocycles. The number of piperidine rings is 1. The largest absolute Gasteiger partial charge is 0.340 e. The summed E-state index contributed by atoms with van der Waals surface area (Å²) in [7, 11) is 0. The minimum Gasteiger partial charge on any atom is -0.340 e. The lowest BCUT2D eigenvalue weighted by Crippen LogP contribution is -2.54. The molecule has 124 valence electrons. The van der Waals surface area contributed by atoms with E-state index in [4.69, 9.17) is 0 Å². The fourth-order valence-electron chi connectivity index (χ4n) is 3.40. The van der Waals surface area contributed by atoms with Crippen molar-refractivity contribution in [2.75, 3.05) is 45.8 Å². The number of piperazine rings is 1. The zero-order valence-corrected chi connectivity index (χ0v) is 13.6. The maximum absolute atomic E-state index is 12.7. The molecule has 0 radical (unpaired) electrons. The van der Waals surface area contributed by atoms with Gasteiger partial charge >= 0.3 is 6.03 Å². The predicted molar refractivity (Wildman–Crippen MR) is 84.5 cm³/mol. The van der Waals surface area contributed by atoms with E-state index in [2.05, 4.69) is 17.1 Å². The van der Waals surface area contributed by atoms with Gasteiger partial charge in [-0.2, -0.15) is 0 Å². The molecule has 2 heterocycles. The number of likely N-dealkylation sites (tertiary alicyclic amines) is 1. The van der Waals surface area contributed by atoms with Crippen molar-refractivity contribution in [3.05, 3.63) is 0 Å². The van der Waals surface area contributed by atoms with Gasteiger partial charge in [0.15, 0.2) is 0 Å². The molecule has 0 spiro atoms. The molecular weight excluding hydrogens is 280 g/mol. The quantitative estimate of drug-likeness (QED) is 0.836. The summed E-state index contributed by atoms with van der Waals surface area (Å²) in [5.41, 5.74) is 0. The Bertz CT molecular complexity index is 416. The Hall–Kier alpha value is -1.30. The lowest BCUT2D eigenvalue weighted by atomic mass is 9.96. The van der Waals surface area contributed by atoms with Gasteiger partial charge in [-0.25, -0.2) is 4.79 Å². The molecule has 1 atom stereocenters. The standard InChI is InChI=1S/C16H28N4O2/c1-2-18-8-10-19(11-9-18)15(21)13-4-3-7-20(12-13)16(22)17-14-5-6-14/h13-14H,2-12H2,1H3,(H,17,22). The Morgan fingerprint density at radius 2 is 1.73 bits per heavy atom. The molecule has 2 saturated heterocycles. The van der Waals surface area contributed by atoms with Crippen molar-refractivity contribution in [3.8, 4) is 0 Å². The summed E-state index contributed by atoms with van der Waals surface area (Å²) in [5.74, 6) is 0.242. The van der Waals surface area contributed by atoms with Crippen molar-refractivity contribution in [3.63, 3.8) is 0 Å². The summed E-state index contributed by atoms with van der Waals surface area (Å²) >= 11 is 0. The van der Waals surface area contributed by atoms with E-state index in [1.54, 1.807) is 0 Å². The maximum atomic E-state index is 12.7. The predicted octanol–water partition coefficient (Wildman–Crippen LogP) is 0.735. The zero-order valence-electron chi connectivity index (χ0n) is 13.6. The normalized spacial score (nSPS) is 26.9. The summed E-state index contributed by atoms with van der Waals surface area (Å²) in [5, 5.41) is 3.03. The van der Waals surface area contributed by atoms with Crippen LogP contribution < -0.4 is 5.32 Å². The summed E-state index contributed by atoms with van der Waals surface area (Å²) in [4.78, 5) is 31.1. The van der Waals surface area contributed by atoms with E-state index in [-0.39, 0.29) is 17.9 Å². The Kier molecular flexibility index (Phi) is 4.86. The smallest absolute Gasteiger partial charge is 0.317 e. The topological polar surface area (TPSA) is 55.9 Å². The first-order valence-corrected chi connectivity index (χ1v) is 8.74. The Morgan fingerprint density at radius 1 is 1.00 bits per heavy atom. The molecule has 1 saturated carbocycles. The van der Waals surface area contributed by atoms with Gasteiger partial charge in [0.1, 0.15) is 0 Å². The van der Waals surface area contributed by atoms with Gasteiger partial charge in [-0.05, 0) is 32.2 Å². The van der Waals surface area contributed by atoms with Crippen LogP contribution in [0.25, 0.3) is 0 Å². The van der Waals surface area contributed by atoms with E-state index in [0.717, 1.165) is 65.0 Å². The number of urea groups is 1. The third kappa shape index (κ3) is 3.72. The SMILES string of the molecule is CCN1CCN(C(=O)C2CCCN(C(=O)NC3CC3)C2)CC1. The molecule has 3 fully saturated rings. The Morgan fingerprint density at radius 3 is 2.36 bits per heavy atom. The first-order valence-electron chi connectivity index (χ1n) is 8.74. The monoisotopic (exact) mass is 308 g/mol. The van der Waals surface area contributed by atoms with E-state index < -0.39 is 0 Å². The summed E-state index contributed by atoms with van der Waals surface area (Å²) in [6.07, 6.45) is 4.05. The lowest BCUT2D eigenvalue weighted by Gasteiger charge is -2.38. The first-order chi connectivity index (χ1) is 10.7. The van der Waals surface area contributed by atoms with Crippen molar-refractivity contribution in [2.45, 2.75) is 38.6 Å². The van der Waals surface area contributed by atoms with Crippen molar-refractivity contribution >= 4 is 11.9 Å². The highest BCUT2D eigenvalue weighted by Gasteiger charge is 2.33. The molecule has 6 nitrogen and oxygen atoms in total. The molecule has 2 aliphatic heterocycles. The number of hydrogen-bond acceptors (Lipinski definition) is 3. The molecule has 22 heavy (non-hydrogen) atoms. The van der Waals surface area contributed by atoms with Gasteiger partial charge in [-0.1, -0.05) is 6.92 Å². The molecule has 3 rings (SSSR count). The van der Waals surface area contributed by atoms with Crippen molar-refractivity contribution in [1.29, 1.82) is 0 Å². The first kappa shape index (κ1) is 15.6. The second kappa shape index (κ2) is 6.86. The zero-order chi connectivity index (χ0) is 15.5. The second-order valence-electron chi connectivity index (χ2n) is 6.77. The van der Waals surface area contributed by atoms with Crippen LogP contribution in [0, 0.1) is 5.92 Å². The molecule has 0 aromatic rings. The highest BCUT2D eigenvalue weighted by Crippen LogP contribution is 2.22. The number of hydrogen-bond donors (Lipinski definition) is 1. The summed E-state index contributed by atoms with van der Waals surface area (Å²) in [6, 6.07) is 0.404. The minimum absolute atomic E-state index is 0.00752. The third-order valence-electron chi connectivity index (χ3n) is 5.09. The number of rotatable bonds is 3. The van der Waals surface area contributed by atoms with Gasteiger partial charge in [0, 0.05) is 45.3 Å². The fourth-order valence-corrected chi connectivity index (χ4v) is 3.40. The molecule has 1 unspecified atom stereocenters.